The monoisotopic (exact) mass is 336 g/mol. The van der Waals surface area contributed by atoms with Crippen LogP contribution in [0.5, 0.6) is 5.75 Å². The third-order valence-electron chi connectivity index (χ3n) is 2.92. The molecule has 23 heavy (non-hydrogen) atoms. The molecule has 1 N–H and O–H groups in total. The summed E-state index contributed by atoms with van der Waals surface area (Å²) in [4.78, 5) is 22.6. The van der Waals surface area contributed by atoms with Crippen molar-refractivity contribution in [2.24, 2.45) is 0 Å². The highest BCUT2D eigenvalue weighted by Crippen LogP contribution is 2.29. The molecular weight excluding hydrogens is 320 g/mol. The molecule has 1 heterocycles. The highest BCUT2D eigenvalue weighted by atomic mass is 32.1. The van der Waals surface area contributed by atoms with Gasteiger partial charge in [-0.25, -0.2) is 0 Å². The maximum atomic E-state index is 12.2. The molecular formula is C14H16N4O4S. The van der Waals surface area contributed by atoms with Gasteiger partial charge in [0.2, 0.25) is 5.13 Å². The van der Waals surface area contributed by atoms with E-state index in [1.165, 1.54) is 36.6 Å². The van der Waals surface area contributed by atoms with E-state index in [-0.39, 0.29) is 22.4 Å². The molecule has 0 saturated heterocycles. The van der Waals surface area contributed by atoms with Crippen molar-refractivity contribution in [3.8, 4) is 5.75 Å². The van der Waals surface area contributed by atoms with E-state index in [0.717, 1.165) is 5.01 Å². The largest absolute Gasteiger partial charge is 0.490 e. The molecule has 1 amide bonds. The van der Waals surface area contributed by atoms with Crippen molar-refractivity contribution in [1.82, 2.24) is 10.2 Å². The van der Waals surface area contributed by atoms with Crippen LogP contribution in [-0.2, 0) is 5.41 Å². The number of carbonyl (C=O) groups excluding carboxylic acids is 1. The van der Waals surface area contributed by atoms with Gasteiger partial charge in [-0.2, -0.15) is 0 Å². The number of hydrogen-bond acceptors (Lipinski definition) is 7. The molecule has 0 aliphatic rings. The van der Waals surface area contributed by atoms with Crippen LogP contribution >= 0.6 is 11.3 Å². The van der Waals surface area contributed by atoms with Crippen LogP contribution in [0.4, 0.5) is 10.8 Å². The molecule has 2 aromatic rings. The predicted octanol–water partition coefficient (Wildman–Crippen LogP) is 3.00. The summed E-state index contributed by atoms with van der Waals surface area (Å²) in [5.74, 6) is -0.398. The van der Waals surface area contributed by atoms with Crippen molar-refractivity contribution in [3.05, 3.63) is 38.9 Å². The van der Waals surface area contributed by atoms with Crippen LogP contribution in [0.1, 0.15) is 36.1 Å². The highest BCUT2D eigenvalue weighted by molar-refractivity contribution is 7.15. The second kappa shape index (κ2) is 6.29. The van der Waals surface area contributed by atoms with Gasteiger partial charge in [-0.15, -0.1) is 10.2 Å². The Bertz CT molecular complexity index is 751. The number of nitro groups is 1. The first-order valence-corrected chi connectivity index (χ1v) is 7.52. The molecule has 1 aromatic carbocycles. The number of benzene rings is 1. The lowest BCUT2D eigenvalue weighted by molar-refractivity contribution is -0.385. The van der Waals surface area contributed by atoms with Crippen molar-refractivity contribution in [2.45, 2.75) is 26.2 Å². The van der Waals surface area contributed by atoms with Gasteiger partial charge >= 0.3 is 5.69 Å². The summed E-state index contributed by atoms with van der Waals surface area (Å²) in [6, 6.07) is 4.00. The SMILES string of the molecule is COc1ccc(C(=O)Nc2nnc(C(C)(C)C)s2)cc1[N+](=O)[O-]. The Morgan fingerprint density at radius 3 is 2.57 bits per heavy atom. The molecule has 0 aliphatic heterocycles. The number of carbonyl (C=O) groups is 1. The first-order valence-electron chi connectivity index (χ1n) is 6.70. The fourth-order valence-electron chi connectivity index (χ4n) is 1.72. The molecule has 1 aromatic heterocycles. The lowest BCUT2D eigenvalue weighted by Gasteiger charge is -2.12. The number of nitrogens with zero attached hydrogens (tertiary/aromatic N) is 3. The minimum atomic E-state index is -0.599. The van der Waals surface area contributed by atoms with E-state index in [2.05, 4.69) is 15.5 Å². The molecule has 0 spiro atoms. The topological polar surface area (TPSA) is 107 Å². The zero-order valence-corrected chi connectivity index (χ0v) is 13.9. The van der Waals surface area contributed by atoms with E-state index >= 15 is 0 Å². The zero-order valence-electron chi connectivity index (χ0n) is 13.1. The van der Waals surface area contributed by atoms with Crippen LogP contribution in [-0.4, -0.2) is 28.1 Å². The van der Waals surface area contributed by atoms with Crippen molar-refractivity contribution < 1.29 is 14.5 Å². The molecule has 0 aliphatic carbocycles. The fourth-order valence-corrected chi connectivity index (χ4v) is 2.52. The lowest BCUT2D eigenvalue weighted by atomic mass is 9.98. The van der Waals surface area contributed by atoms with Crippen molar-refractivity contribution >= 4 is 28.1 Å². The molecule has 0 radical (unpaired) electrons. The third kappa shape index (κ3) is 3.81. The Morgan fingerprint density at radius 1 is 1.35 bits per heavy atom. The summed E-state index contributed by atoms with van der Waals surface area (Å²) < 4.78 is 4.91. The van der Waals surface area contributed by atoms with E-state index in [9.17, 15) is 14.9 Å². The zero-order chi connectivity index (χ0) is 17.2. The van der Waals surface area contributed by atoms with E-state index in [0.29, 0.717) is 5.13 Å². The molecule has 0 bridgehead atoms. The number of rotatable bonds is 4. The number of anilines is 1. The van der Waals surface area contributed by atoms with Crippen LogP contribution in [0.3, 0.4) is 0 Å². The van der Waals surface area contributed by atoms with Crippen LogP contribution in [0, 0.1) is 10.1 Å². The van der Waals surface area contributed by atoms with Crippen LogP contribution in [0.25, 0.3) is 0 Å². The standard InChI is InChI=1S/C14H16N4O4S/c1-14(2,3)12-16-17-13(23-12)15-11(19)8-5-6-10(22-4)9(7-8)18(20)21/h5-7H,1-4H3,(H,15,17,19). The number of ether oxygens (including phenoxy) is 1. The molecule has 0 atom stereocenters. The first kappa shape index (κ1) is 16.8. The Kier molecular flexibility index (Phi) is 4.60. The smallest absolute Gasteiger partial charge is 0.311 e. The summed E-state index contributed by atoms with van der Waals surface area (Å²) in [5.41, 5.74) is -0.294. The Labute approximate surface area is 136 Å². The van der Waals surface area contributed by atoms with Crippen LogP contribution in [0.2, 0.25) is 0 Å². The van der Waals surface area contributed by atoms with E-state index < -0.39 is 10.8 Å². The minimum Gasteiger partial charge on any atom is -0.490 e. The Morgan fingerprint density at radius 2 is 2.04 bits per heavy atom. The van der Waals surface area contributed by atoms with Crippen LogP contribution < -0.4 is 10.1 Å². The van der Waals surface area contributed by atoms with Gasteiger partial charge in [-0.05, 0) is 12.1 Å². The van der Waals surface area contributed by atoms with Gasteiger partial charge in [-0.1, -0.05) is 32.1 Å². The minimum absolute atomic E-state index is 0.0949. The van der Waals surface area contributed by atoms with Gasteiger partial charge in [0.05, 0.1) is 12.0 Å². The van der Waals surface area contributed by atoms with Gasteiger partial charge in [0.15, 0.2) is 5.75 Å². The van der Waals surface area contributed by atoms with Gasteiger partial charge in [0, 0.05) is 17.0 Å². The maximum absolute atomic E-state index is 12.2. The average Bonchev–Trinajstić information content (AvgIpc) is 2.95. The average molecular weight is 336 g/mol. The van der Waals surface area contributed by atoms with Crippen molar-refractivity contribution in [2.75, 3.05) is 12.4 Å². The summed E-state index contributed by atoms with van der Waals surface area (Å²) >= 11 is 1.27. The molecule has 122 valence electrons. The van der Waals surface area contributed by atoms with Crippen LogP contribution in [0.15, 0.2) is 18.2 Å². The van der Waals surface area contributed by atoms with E-state index in [1.807, 2.05) is 20.8 Å². The van der Waals surface area contributed by atoms with Gasteiger partial charge < -0.3 is 4.74 Å². The first-order chi connectivity index (χ1) is 10.7. The molecule has 9 heteroatoms. The number of amides is 1. The number of nitro benzene ring substituents is 1. The maximum Gasteiger partial charge on any atom is 0.311 e. The molecule has 0 saturated carbocycles. The molecule has 0 unspecified atom stereocenters. The summed E-state index contributed by atoms with van der Waals surface area (Å²) in [6.45, 7) is 5.98. The second-order valence-corrected chi connectivity index (χ2v) is 6.74. The van der Waals surface area contributed by atoms with E-state index in [4.69, 9.17) is 4.74 Å². The highest BCUT2D eigenvalue weighted by Gasteiger charge is 2.22. The lowest BCUT2D eigenvalue weighted by Crippen LogP contribution is -2.12. The summed E-state index contributed by atoms with van der Waals surface area (Å²) in [6.07, 6.45) is 0. The fraction of sp³-hybridized carbons (Fsp3) is 0.357. The molecule has 0 fully saturated rings. The molecule has 2 rings (SSSR count). The second-order valence-electron chi connectivity index (χ2n) is 5.76. The molecule has 8 nitrogen and oxygen atoms in total. The quantitative estimate of drug-likeness (QED) is 0.679. The van der Waals surface area contributed by atoms with E-state index in [1.54, 1.807) is 0 Å². The third-order valence-corrected chi connectivity index (χ3v) is 4.19. The number of aromatic nitrogens is 2. The number of hydrogen-bond donors (Lipinski definition) is 1. The van der Waals surface area contributed by atoms with Gasteiger partial charge in [0.25, 0.3) is 5.91 Å². The summed E-state index contributed by atoms with van der Waals surface area (Å²) in [7, 11) is 1.33. The number of methoxy groups -OCH3 is 1. The van der Waals surface area contributed by atoms with Crippen molar-refractivity contribution in [3.63, 3.8) is 0 Å². The van der Waals surface area contributed by atoms with Gasteiger partial charge in [-0.3, -0.25) is 20.2 Å². The summed E-state index contributed by atoms with van der Waals surface area (Å²) in [5, 5.41) is 22.7. The number of nitrogens with one attached hydrogen (secondary N) is 1. The Balaban J connectivity index is 2.22. The normalized spacial score (nSPS) is 11.1. The predicted molar refractivity (Wildman–Crippen MR) is 86.2 cm³/mol. The Hall–Kier alpha value is -2.55. The van der Waals surface area contributed by atoms with Gasteiger partial charge in [0.1, 0.15) is 5.01 Å². The van der Waals surface area contributed by atoms with Crippen molar-refractivity contribution in [1.29, 1.82) is 0 Å².